The van der Waals surface area contributed by atoms with Gasteiger partial charge in [0.05, 0.1) is 4.90 Å². The molecule has 1 aliphatic rings. The maximum atomic E-state index is 12.9. The molecule has 0 spiro atoms. The summed E-state index contributed by atoms with van der Waals surface area (Å²) in [5, 5.41) is 9.34. The highest BCUT2D eigenvalue weighted by atomic mass is 32.2. The number of hydrogen-bond acceptors (Lipinski definition) is 4. The zero-order valence-electron chi connectivity index (χ0n) is 16.2. The third-order valence-corrected chi connectivity index (χ3v) is 7.25. The highest BCUT2D eigenvalue weighted by Crippen LogP contribution is 2.23. The van der Waals surface area contributed by atoms with Crippen molar-refractivity contribution in [3.05, 3.63) is 59.7 Å². The van der Waals surface area contributed by atoms with E-state index in [0.29, 0.717) is 24.6 Å². The fourth-order valence-electron chi connectivity index (χ4n) is 3.27. The zero-order valence-corrected chi connectivity index (χ0v) is 17.0. The van der Waals surface area contributed by atoms with Gasteiger partial charge in [0, 0.05) is 31.7 Å². The average Bonchev–Trinajstić information content (AvgIpc) is 2.73. The highest BCUT2D eigenvalue weighted by Gasteiger charge is 2.30. The number of benzene rings is 2. The molecule has 3 rings (SSSR count). The number of piperazine rings is 1. The van der Waals surface area contributed by atoms with Gasteiger partial charge in [-0.2, -0.15) is 4.31 Å². The van der Waals surface area contributed by atoms with E-state index >= 15 is 0 Å². The van der Waals surface area contributed by atoms with Crippen LogP contribution in [0, 0.1) is 0 Å². The minimum atomic E-state index is -3.57. The largest absolute Gasteiger partial charge is 0.508 e. The van der Waals surface area contributed by atoms with E-state index in [-0.39, 0.29) is 29.6 Å². The number of hydrogen-bond donors (Lipinski definition) is 1. The molecule has 150 valence electrons. The van der Waals surface area contributed by atoms with Gasteiger partial charge in [-0.25, -0.2) is 8.42 Å². The van der Waals surface area contributed by atoms with Gasteiger partial charge >= 0.3 is 0 Å². The molecule has 1 saturated heterocycles. The third kappa shape index (κ3) is 4.20. The van der Waals surface area contributed by atoms with E-state index in [4.69, 9.17) is 0 Å². The van der Waals surface area contributed by atoms with Crippen molar-refractivity contribution in [1.29, 1.82) is 0 Å². The van der Waals surface area contributed by atoms with Gasteiger partial charge in [-0.15, -0.1) is 0 Å². The number of aromatic hydroxyl groups is 1. The summed E-state index contributed by atoms with van der Waals surface area (Å²) in [7, 11) is -3.57. The molecular weight excluding hydrogens is 376 g/mol. The molecule has 1 aliphatic heterocycles. The van der Waals surface area contributed by atoms with E-state index in [0.717, 1.165) is 12.0 Å². The number of phenols is 1. The first-order valence-electron chi connectivity index (χ1n) is 9.51. The molecule has 1 amide bonds. The molecule has 0 aromatic heterocycles. The van der Waals surface area contributed by atoms with E-state index in [9.17, 15) is 18.3 Å². The SMILES string of the molecule is CCC(C)c1ccc(S(=O)(=O)N2CCN(C(=O)c3ccc(O)cc3)CC2)cc1. The molecule has 2 aromatic rings. The van der Waals surface area contributed by atoms with Gasteiger partial charge in [-0.05, 0) is 54.3 Å². The van der Waals surface area contributed by atoms with E-state index in [2.05, 4.69) is 13.8 Å². The fraction of sp³-hybridized carbons (Fsp3) is 0.381. The number of phenolic OH excluding ortho intramolecular Hbond substituents is 1. The van der Waals surface area contributed by atoms with Crippen LogP contribution < -0.4 is 0 Å². The molecule has 28 heavy (non-hydrogen) atoms. The van der Waals surface area contributed by atoms with Crippen LogP contribution in [0.1, 0.15) is 42.1 Å². The van der Waals surface area contributed by atoms with Crippen LogP contribution in [0.5, 0.6) is 5.75 Å². The number of nitrogens with zero attached hydrogens (tertiary/aromatic N) is 2. The Bertz CT molecular complexity index is 916. The van der Waals surface area contributed by atoms with Gasteiger partial charge < -0.3 is 10.0 Å². The number of carbonyl (C=O) groups is 1. The fourth-order valence-corrected chi connectivity index (χ4v) is 4.69. The summed E-state index contributed by atoms with van der Waals surface area (Å²) in [4.78, 5) is 14.5. The summed E-state index contributed by atoms with van der Waals surface area (Å²) >= 11 is 0. The van der Waals surface area contributed by atoms with Gasteiger partial charge in [-0.3, -0.25) is 4.79 Å². The molecule has 1 unspecified atom stereocenters. The first-order valence-corrected chi connectivity index (χ1v) is 11.0. The van der Waals surface area contributed by atoms with Crippen LogP contribution in [-0.4, -0.2) is 54.8 Å². The van der Waals surface area contributed by atoms with Crippen molar-refractivity contribution in [1.82, 2.24) is 9.21 Å². The van der Waals surface area contributed by atoms with Crippen molar-refractivity contribution in [2.24, 2.45) is 0 Å². The lowest BCUT2D eigenvalue weighted by molar-refractivity contribution is 0.0698. The normalized spacial score (nSPS) is 16.7. The van der Waals surface area contributed by atoms with Crippen LogP contribution in [0.4, 0.5) is 0 Å². The number of amides is 1. The van der Waals surface area contributed by atoms with E-state index in [1.165, 1.54) is 16.4 Å². The van der Waals surface area contributed by atoms with Crippen LogP contribution in [0.25, 0.3) is 0 Å². The lowest BCUT2D eigenvalue weighted by Crippen LogP contribution is -2.50. The van der Waals surface area contributed by atoms with Crippen molar-refractivity contribution in [3.63, 3.8) is 0 Å². The Morgan fingerprint density at radius 3 is 2.11 bits per heavy atom. The third-order valence-electron chi connectivity index (χ3n) is 5.34. The molecule has 0 aliphatic carbocycles. The van der Waals surface area contributed by atoms with E-state index < -0.39 is 10.0 Å². The monoisotopic (exact) mass is 402 g/mol. The lowest BCUT2D eigenvalue weighted by Gasteiger charge is -2.34. The van der Waals surface area contributed by atoms with Crippen molar-refractivity contribution < 1.29 is 18.3 Å². The summed E-state index contributed by atoms with van der Waals surface area (Å²) in [6, 6.07) is 13.2. The minimum Gasteiger partial charge on any atom is -0.508 e. The molecule has 0 saturated carbocycles. The first-order chi connectivity index (χ1) is 13.3. The van der Waals surface area contributed by atoms with E-state index in [1.807, 2.05) is 12.1 Å². The van der Waals surface area contributed by atoms with Crippen molar-refractivity contribution in [3.8, 4) is 5.75 Å². The first kappa shape index (κ1) is 20.4. The lowest BCUT2D eigenvalue weighted by atomic mass is 9.99. The summed E-state index contributed by atoms with van der Waals surface area (Å²) in [5.74, 6) is 0.341. The number of sulfonamides is 1. The predicted molar refractivity (Wildman–Crippen MR) is 108 cm³/mol. The zero-order chi connectivity index (χ0) is 20.3. The highest BCUT2D eigenvalue weighted by molar-refractivity contribution is 7.89. The number of carbonyl (C=O) groups excluding carboxylic acids is 1. The number of rotatable bonds is 5. The summed E-state index contributed by atoms with van der Waals surface area (Å²) in [5.41, 5.74) is 1.61. The van der Waals surface area contributed by atoms with Crippen LogP contribution in [0.2, 0.25) is 0 Å². The molecule has 1 atom stereocenters. The molecule has 6 nitrogen and oxygen atoms in total. The summed E-state index contributed by atoms with van der Waals surface area (Å²) in [6.07, 6.45) is 1.00. The Morgan fingerprint density at radius 1 is 1.00 bits per heavy atom. The Balaban J connectivity index is 1.66. The maximum Gasteiger partial charge on any atom is 0.253 e. The molecule has 1 heterocycles. The smallest absolute Gasteiger partial charge is 0.253 e. The Hall–Kier alpha value is -2.38. The van der Waals surface area contributed by atoms with Crippen LogP contribution in [0.15, 0.2) is 53.4 Å². The van der Waals surface area contributed by atoms with Crippen molar-refractivity contribution in [2.45, 2.75) is 31.1 Å². The van der Waals surface area contributed by atoms with Crippen LogP contribution >= 0.6 is 0 Å². The van der Waals surface area contributed by atoms with Gasteiger partial charge in [0.2, 0.25) is 10.0 Å². The van der Waals surface area contributed by atoms with Crippen LogP contribution in [0.3, 0.4) is 0 Å². The quantitative estimate of drug-likeness (QED) is 0.834. The molecule has 7 heteroatoms. The van der Waals surface area contributed by atoms with Crippen LogP contribution in [-0.2, 0) is 10.0 Å². The minimum absolute atomic E-state index is 0.104. The predicted octanol–water partition coefficient (Wildman–Crippen LogP) is 3.05. The second-order valence-corrected chi connectivity index (χ2v) is 9.06. The van der Waals surface area contributed by atoms with Gasteiger partial charge in [0.1, 0.15) is 5.75 Å². The Labute approximate surface area is 166 Å². The molecule has 1 fully saturated rings. The summed E-state index contributed by atoms with van der Waals surface area (Å²) < 4.78 is 27.3. The summed E-state index contributed by atoms with van der Waals surface area (Å²) in [6.45, 7) is 5.43. The van der Waals surface area contributed by atoms with Crippen molar-refractivity contribution >= 4 is 15.9 Å². The van der Waals surface area contributed by atoms with E-state index in [1.54, 1.807) is 29.2 Å². The standard InChI is InChI=1S/C21H26N2O4S/c1-3-16(2)17-6-10-20(11-7-17)28(26,27)23-14-12-22(13-15-23)21(25)18-4-8-19(24)9-5-18/h4-11,16,24H,3,12-15H2,1-2H3. The van der Waals surface area contributed by atoms with Gasteiger partial charge in [-0.1, -0.05) is 26.0 Å². The maximum absolute atomic E-state index is 12.9. The Kier molecular flexibility index (Phi) is 6.05. The topological polar surface area (TPSA) is 77.9 Å². The Morgan fingerprint density at radius 2 is 1.57 bits per heavy atom. The second kappa shape index (κ2) is 8.32. The van der Waals surface area contributed by atoms with Gasteiger partial charge in [0.25, 0.3) is 5.91 Å². The molecule has 0 radical (unpaired) electrons. The molecule has 0 bridgehead atoms. The average molecular weight is 403 g/mol. The second-order valence-electron chi connectivity index (χ2n) is 7.12. The molecular formula is C21H26N2O4S. The van der Waals surface area contributed by atoms with Gasteiger partial charge in [0.15, 0.2) is 0 Å². The molecule has 2 aromatic carbocycles. The molecule has 1 N–H and O–H groups in total. The van der Waals surface area contributed by atoms with Crippen molar-refractivity contribution in [2.75, 3.05) is 26.2 Å².